The molecule has 0 saturated heterocycles. The molecule has 1 aromatic carbocycles. The van der Waals surface area contributed by atoms with Crippen molar-refractivity contribution in [3.63, 3.8) is 0 Å². The summed E-state index contributed by atoms with van der Waals surface area (Å²) in [6.07, 6.45) is -3.02. The molecule has 1 aromatic rings. The van der Waals surface area contributed by atoms with Gasteiger partial charge in [0.15, 0.2) is 5.60 Å². The Morgan fingerprint density at radius 2 is 1.43 bits per heavy atom. The molecule has 1 aliphatic carbocycles. The lowest BCUT2D eigenvalue weighted by molar-refractivity contribution is -0.207. The van der Waals surface area contributed by atoms with Gasteiger partial charge in [0.25, 0.3) is 0 Å². The van der Waals surface area contributed by atoms with Crippen LogP contribution in [0.4, 0.5) is 13.2 Å². The molecule has 0 spiro atoms. The van der Waals surface area contributed by atoms with Gasteiger partial charge in [-0.15, -0.1) is 0 Å². The van der Waals surface area contributed by atoms with E-state index in [-0.39, 0.29) is 0 Å². The molecule has 0 aromatic heterocycles. The van der Waals surface area contributed by atoms with Crippen molar-refractivity contribution in [2.45, 2.75) is 11.8 Å². The minimum absolute atomic E-state index is 0.410. The third-order valence-corrected chi connectivity index (χ3v) is 2.20. The summed E-state index contributed by atoms with van der Waals surface area (Å²) in [5, 5.41) is 10.1. The second-order valence-electron chi connectivity index (χ2n) is 3.24. The molecule has 14 heavy (non-hydrogen) atoms. The normalized spacial score (nSPS) is 18.3. The summed E-state index contributed by atoms with van der Waals surface area (Å²) in [4.78, 5) is 0. The van der Waals surface area contributed by atoms with Crippen LogP contribution in [0.5, 0.6) is 0 Å². The first-order valence-electron chi connectivity index (χ1n) is 4.02. The molecule has 0 bridgehead atoms. The van der Waals surface area contributed by atoms with E-state index in [1.165, 1.54) is 12.1 Å². The van der Waals surface area contributed by atoms with Crippen molar-refractivity contribution >= 4 is 12.2 Å². The lowest BCUT2D eigenvalue weighted by atomic mass is 10.1. The van der Waals surface area contributed by atoms with Crippen LogP contribution in [0.2, 0.25) is 0 Å². The standard InChI is InChI=1S/C10H7F3O/c11-10(12,13)9(14)5-7-3-1-2-4-8(7)6-9/h1-6,14H. The van der Waals surface area contributed by atoms with Crippen LogP contribution in [0.25, 0.3) is 12.2 Å². The van der Waals surface area contributed by atoms with E-state index in [2.05, 4.69) is 0 Å². The van der Waals surface area contributed by atoms with Crippen molar-refractivity contribution in [1.29, 1.82) is 0 Å². The van der Waals surface area contributed by atoms with Gasteiger partial charge in [-0.2, -0.15) is 13.2 Å². The van der Waals surface area contributed by atoms with Gasteiger partial charge in [-0.1, -0.05) is 24.3 Å². The summed E-state index contributed by atoms with van der Waals surface area (Å²) in [6.45, 7) is 0. The molecule has 1 N–H and O–H groups in total. The largest absolute Gasteiger partial charge is 0.424 e. The Bertz CT molecular complexity index is 438. The van der Waals surface area contributed by atoms with E-state index in [9.17, 15) is 18.3 Å². The predicted molar refractivity (Wildman–Crippen MR) is 45.6 cm³/mol. The zero-order valence-electron chi connectivity index (χ0n) is 7.05. The molecular formula is C10H7F3O. The van der Waals surface area contributed by atoms with Gasteiger partial charge in [0.2, 0.25) is 0 Å². The number of halogens is 3. The fourth-order valence-electron chi connectivity index (χ4n) is 1.45. The van der Waals surface area contributed by atoms with Crippen LogP contribution in [0.1, 0.15) is 0 Å². The third-order valence-electron chi connectivity index (χ3n) is 2.20. The molecule has 4 heteroatoms. The van der Waals surface area contributed by atoms with E-state index in [1.807, 2.05) is 0 Å². The molecule has 0 amide bonds. The Kier molecular flexibility index (Phi) is 1.72. The van der Waals surface area contributed by atoms with Crippen molar-refractivity contribution in [3.05, 3.63) is 34.7 Å². The van der Waals surface area contributed by atoms with E-state index < -0.39 is 11.8 Å². The third kappa shape index (κ3) is 1.23. The van der Waals surface area contributed by atoms with Gasteiger partial charge in [0.1, 0.15) is 0 Å². The number of hydrogen-bond donors (Lipinski definition) is 1. The van der Waals surface area contributed by atoms with Crippen molar-refractivity contribution < 1.29 is 18.3 Å². The first kappa shape index (κ1) is 9.27. The lowest BCUT2D eigenvalue weighted by Crippen LogP contribution is -2.39. The molecule has 1 aliphatic rings. The van der Waals surface area contributed by atoms with Crippen LogP contribution in [0.3, 0.4) is 0 Å². The predicted octanol–water partition coefficient (Wildman–Crippen LogP) is 0.555. The van der Waals surface area contributed by atoms with Gasteiger partial charge >= 0.3 is 6.18 Å². The zero-order valence-corrected chi connectivity index (χ0v) is 7.05. The Morgan fingerprint density at radius 1 is 1.00 bits per heavy atom. The fraction of sp³-hybridized carbons (Fsp3) is 0.200. The number of benzene rings is 1. The highest BCUT2D eigenvalue weighted by Crippen LogP contribution is 2.33. The van der Waals surface area contributed by atoms with Gasteiger partial charge in [-0.05, 0) is 22.6 Å². The van der Waals surface area contributed by atoms with Gasteiger partial charge in [-0.25, -0.2) is 0 Å². The first-order valence-corrected chi connectivity index (χ1v) is 4.02. The molecule has 0 unspecified atom stereocenters. The van der Waals surface area contributed by atoms with Crippen molar-refractivity contribution in [3.8, 4) is 0 Å². The number of hydrogen-bond acceptors (Lipinski definition) is 1. The highest BCUT2D eigenvalue weighted by atomic mass is 19.4. The summed E-state index contributed by atoms with van der Waals surface area (Å²) < 4.78 is 37.2. The highest BCUT2D eigenvalue weighted by Gasteiger charge is 2.51. The minimum atomic E-state index is -4.66. The van der Waals surface area contributed by atoms with Crippen molar-refractivity contribution in [2.24, 2.45) is 0 Å². The Hall–Kier alpha value is -1.29. The quantitative estimate of drug-likeness (QED) is 0.648. The van der Waals surface area contributed by atoms with Crippen LogP contribution in [-0.2, 0) is 0 Å². The summed E-state index contributed by atoms with van der Waals surface area (Å²) >= 11 is 0. The maximum atomic E-state index is 12.4. The maximum absolute atomic E-state index is 12.4. The molecule has 2 rings (SSSR count). The molecule has 1 nitrogen and oxygen atoms in total. The van der Waals surface area contributed by atoms with Crippen LogP contribution in [0, 0.1) is 0 Å². The first-order chi connectivity index (χ1) is 6.42. The lowest BCUT2D eigenvalue weighted by Gasteiger charge is -2.21. The van der Waals surface area contributed by atoms with Gasteiger partial charge in [0, 0.05) is 0 Å². The van der Waals surface area contributed by atoms with Crippen molar-refractivity contribution in [1.82, 2.24) is 0 Å². The van der Waals surface area contributed by atoms with Crippen LogP contribution in [-0.4, -0.2) is 16.9 Å². The average molecular weight is 200 g/mol. The average Bonchev–Trinajstić information content (AvgIpc) is 2.40. The molecule has 0 fully saturated rings. The fourth-order valence-corrected chi connectivity index (χ4v) is 1.45. The van der Waals surface area contributed by atoms with Gasteiger partial charge in [-0.3, -0.25) is 0 Å². The van der Waals surface area contributed by atoms with E-state index in [1.54, 1.807) is 12.1 Å². The molecule has 0 atom stereocenters. The molecule has 0 heterocycles. The SMILES string of the molecule is OC1(C(F)(F)F)C=c2ccccc2=C1. The molecule has 0 aliphatic heterocycles. The number of rotatable bonds is 0. The maximum Gasteiger partial charge on any atom is 0.424 e. The summed E-state index contributed by atoms with van der Waals surface area (Å²) in [6, 6.07) is 6.33. The second kappa shape index (κ2) is 2.60. The van der Waals surface area contributed by atoms with E-state index >= 15 is 0 Å². The molecule has 74 valence electrons. The zero-order chi connectivity index (χ0) is 10.4. The van der Waals surface area contributed by atoms with Crippen molar-refractivity contribution in [2.75, 3.05) is 0 Å². The summed E-state index contributed by atoms with van der Waals surface area (Å²) in [5.41, 5.74) is -2.81. The number of aliphatic hydroxyl groups is 1. The highest BCUT2D eigenvalue weighted by molar-refractivity contribution is 5.61. The van der Waals surface area contributed by atoms with Gasteiger partial charge in [0.05, 0.1) is 0 Å². The smallest absolute Gasteiger partial charge is 0.373 e. The summed E-state index contributed by atoms with van der Waals surface area (Å²) in [7, 11) is 0. The van der Waals surface area contributed by atoms with E-state index in [0.29, 0.717) is 10.4 Å². The monoisotopic (exact) mass is 200 g/mol. The van der Waals surface area contributed by atoms with Crippen LogP contribution < -0.4 is 10.4 Å². The van der Waals surface area contributed by atoms with Crippen LogP contribution in [0.15, 0.2) is 24.3 Å². The second-order valence-corrected chi connectivity index (χ2v) is 3.24. The topological polar surface area (TPSA) is 20.2 Å². The van der Waals surface area contributed by atoms with E-state index in [4.69, 9.17) is 0 Å². The summed E-state index contributed by atoms with van der Waals surface area (Å²) in [5.74, 6) is 0. The number of alkyl halides is 3. The Morgan fingerprint density at radius 3 is 1.79 bits per heavy atom. The molecule has 0 radical (unpaired) electrons. The number of fused-ring (bicyclic) bond motifs is 1. The molecular weight excluding hydrogens is 193 g/mol. The Labute approximate surface area is 77.8 Å². The van der Waals surface area contributed by atoms with Crippen LogP contribution >= 0.6 is 0 Å². The molecule has 0 saturated carbocycles. The van der Waals surface area contributed by atoms with E-state index in [0.717, 1.165) is 12.2 Å². The Balaban J connectivity index is 2.65. The van der Waals surface area contributed by atoms with Gasteiger partial charge < -0.3 is 5.11 Å². The minimum Gasteiger partial charge on any atom is -0.373 e.